The lowest BCUT2D eigenvalue weighted by Crippen LogP contribution is -2.47. The normalized spacial score (nSPS) is 22.4. The van der Waals surface area contributed by atoms with Crippen LogP contribution in [0.3, 0.4) is 0 Å². The van der Waals surface area contributed by atoms with E-state index in [9.17, 15) is 4.39 Å². The van der Waals surface area contributed by atoms with Crippen LogP contribution in [0.1, 0.15) is 24.9 Å². The third-order valence-corrected chi connectivity index (χ3v) is 3.52. The molecular formula is C15H23FN2O. The third-order valence-electron chi connectivity index (χ3n) is 3.52. The second-order valence-electron chi connectivity index (χ2n) is 5.12. The molecule has 4 heteroatoms. The van der Waals surface area contributed by atoms with Crippen LogP contribution in [0.15, 0.2) is 24.3 Å². The monoisotopic (exact) mass is 266 g/mol. The summed E-state index contributed by atoms with van der Waals surface area (Å²) in [5.41, 5.74) is 0.705. The van der Waals surface area contributed by atoms with Gasteiger partial charge < -0.3 is 15.0 Å². The van der Waals surface area contributed by atoms with Gasteiger partial charge in [0.1, 0.15) is 5.82 Å². The molecule has 1 N–H and O–H groups in total. The van der Waals surface area contributed by atoms with Gasteiger partial charge in [-0.2, -0.15) is 0 Å². The lowest BCUT2D eigenvalue weighted by Gasteiger charge is -2.36. The molecule has 0 bridgehead atoms. The van der Waals surface area contributed by atoms with Gasteiger partial charge in [0.15, 0.2) is 0 Å². The van der Waals surface area contributed by atoms with Crippen LogP contribution in [-0.4, -0.2) is 44.3 Å². The number of ether oxygens (including phenoxy) is 1. The van der Waals surface area contributed by atoms with Crippen molar-refractivity contribution in [1.29, 1.82) is 0 Å². The van der Waals surface area contributed by atoms with Gasteiger partial charge in [-0.05, 0) is 26.1 Å². The van der Waals surface area contributed by atoms with E-state index in [1.165, 1.54) is 6.07 Å². The summed E-state index contributed by atoms with van der Waals surface area (Å²) in [6.45, 7) is 5.45. The Morgan fingerprint density at radius 3 is 2.95 bits per heavy atom. The van der Waals surface area contributed by atoms with E-state index in [0.717, 1.165) is 26.1 Å². The lowest BCUT2D eigenvalue weighted by molar-refractivity contribution is -0.0397. The minimum absolute atomic E-state index is 0.00204. The molecule has 1 aliphatic heterocycles. The van der Waals surface area contributed by atoms with Crippen molar-refractivity contribution in [1.82, 2.24) is 10.2 Å². The number of hydrogen-bond donors (Lipinski definition) is 1. The Bertz CT molecular complexity index is 399. The van der Waals surface area contributed by atoms with Gasteiger partial charge in [0.2, 0.25) is 0 Å². The molecule has 1 heterocycles. The maximum absolute atomic E-state index is 14.0. The maximum Gasteiger partial charge on any atom is 0.128 e. The number of morpholine rings is 1. The molecule has 106 valence electrons. The first-order chi connectivity index (χ1) is 9.22. The van der Waals surface area contributed by atoms with E-state index in [2.05, 4.69) is 24.2 Å². The number of nitrogens with zero attached hydrogens (tertiary/aromatic N) is 1. The summed E-state index contributed by atoms with van der Waals surface area (Å²) in [5.74, 6) is -0.159. The molecule has 1 saturated heterocycles. The van der Waals surface area contributed by atoms with E-state index in [0.29, 0.717) is 12.2 Å². The first-order valence-electron chi connectivity index (χ1n) is 7.00. The zero-order valence-electron chi connectivity index (χ0n) is 11.7. The molecule has 1 aromatic rings. The molecule has 2 atom stereocenters. The Labute approximate surface area is 114 Å². The fourth-order valence-electron chi connectivity index (χ4n) is 2.48. The van der Waals surface area contributed by atoms with Crippen LogP contribution in [-0.2, 0) is 4.74 Å². The zero-order chi connectivity index (χ0) is 13.7. The van der Waals surface area contributed by atoms with Crippen molar-refractivity contribution in [3.63, 3.8) is 0 Å². The number of benzene rings is 1. The number of halogens is 1. The summed E-state index contributed by atoms with van der Waals surface area (Å²) in [7, 11) is 2.08. The topological polar surface area (TPSA) is 24.5 Å². The second-order valence-corrected chi connectivity index (χ2v) is 5.12. The molecule has 1 aromatic carbocycles. The van der Waals surface area contributed by atoms with Gasteiger partial charge in [0, 0.05) is 18.7 Å². The smallest absolute Gasteiger partial charge is 0.128 e. The van der Waals surface area contributed by atoms with Crippen molar-refractivity contribution in [2.24, 2.45) is 0 Å². The number of nitrogens with one attached hydrogen (secondary N) is 1. The Hall–Kier alpha value is -0.970. The minimum atomic E-state index is -0.159. The molecule has 1 aliphatic rings. The van der Waals surface area contributed by atoms with E-state index >= 15 is 0 Å². The highest BCUT2D eigenvalue weighted by Crippen LogP contribution is 2.24. The van der Waals surface area contributed by atoms with Crippen LogP contribution >= 0.6 is 0 Å². The van der Waals surface area contributed by atoms with Crippen molar-refractivity contribution in [2.75, 3.05) is 33.3 Å². The molecule has 1 fully saturated rings. The Morgan fingerprint density at radius 1 is 1.47 bits per heavy atom. The molecule has 0 saturated carbocycles. The van der Waals surface area contributed by atoms with E-state index < -0.39 is 0 Å². The van der Waals surface area contributed by atoms with Gasteiger partial charge in [-0.25, -0.2) is 4.39 Å². The van der Waals surface area contributed by atoms with Gasteiger partial charge in [-0.3, -0.25) is 0 Å². The molecule has 3 nitrogen and oxygen atoms in total. The molecule has 0 aromatic heterocycles. The van der Waals surface area contributed by atoms with Gasteiger partial charge in [0.25, 0.3) is 0 Å². The third kappa shape index (κ3) is 3.75. The Balaban J connectivity index is 2.17. The number of rotatable bonds is 5. The van der Waals surface area contributed by atoms with E-state index in [-0.39, 0.29) is 18.0 Å². The molecule has 19 heavy (non-hydrogen) atoms. The predicted octanol–water partition coefficient (Wildman–Crippen LogP) is 2.20. The average molecular weight is 266 g/mol. The summed E-state index contributed by atoms with van der Waals surface area (Å²) < 4.78 is 19.9. The second kappa shape index (κ2) is 6.98. The Morgan fingerprint density at radius 2 is 2.26 bits per heavy atom. The van der Waals surface area contributed by atoms with Crippen LogP contribution < -0.4 is 5.32 Å². The molecular weight excluding hydrogens is 243 g/mol. The predicted molar refractivity (Wildman–Crippen MR) is 74.7 cm³/mol. The van der Waals surface area contributed by atoms with Gasteiger partial charge in [0.05, 0.1) is 18.8 Å². The standard InChI is InChI=1S/C15H23FN2O/c1-3-8-17-15(12-6-4-5-7-13(12)16)14-11-18(2)9-10-19-14/h4-7,14-15,17H,3,8-11H2,1-2H3. The highest BCUT2D eigenvalue weighted by Gasteiger charge is 2.29. The van der Waals surface area contributed by atoms with Crippen LogP contribution in [0.25, 0.3) is 0 Å². The number of hydrogen-bond acceptors (Lipinski definition) is 3. The van der Waals surface area contributed by atoms with Crippen molar-refractivity contribution < 1.29 is 9.13 Å². The summed E-state index contributed by atoms with van der Waals surface area (Å²) in [5, 5.41) is 3.43. The fraction of sp³-hybridized carbons (Fsp3) is 0.600. The van der Waals surface area contributed by atoms with Crippen molar-refractivity contribution in [3.05, 3.63) is 35.6 Å². The number of likely N-dealkylation sites (N-methyl/N-ethyl adjacent to an activating group) is 1. The van der Waals surface area contributed by atoms with Gasteiger partial charge >= 0.3 is 0 Å². The van der Waals surface area contributed by atoms with Gasteiger partial charge in [-0.15, -0.1) is 0 Å². The molecule has 0 radical (unpaired) electrons. The summed E-state index contributed by atoms with van der Waals surface area (Å²) in [4.78, 5) is 2.23. The van der Waals surface area contributed by atoms with Crippen LogP contribution in [0.2, 0.25) is 0 Å². The van der Waals surface area contributed by atoms with Crippen molar-refractivity contribution in [2.45, 2.75) is 25.5 Å². The highest BCUT2D eigenvalue weighted by molar-refractivity contribution is 5.22. The highest BCUT2D eigenvalue weighted by atomic mass is 19.1. The summed E-state index contributed by atoms with van der Waals surface area (Å²) >= 11 is 0. The van der Waals surface area contributed by atoms with Gasteiger partial charge in [-0.1, -0.05) is 25.1 Å². The van der Waals surface area contributed by atoms with Crippen molar-refractivity contribution in [3.8, 4) is 0 Å². The fourth-order valence-corrected chi connectivity index (χ4v) is 2.48. The van der Waals surface area contributed by atoms with E-state index in [1.54, 1.807) is 6.07 Å². The average Bonchev–Trinajstić information content (AvgIpc) is 2.41. The van der Waals surface area contributed by atoms with Crippen molar-refractivity contribution >= 4 is 0 Å². The molecule has 0 amide bonds. The minimum Gasteiger partial charge on any atom is -0.374 e. The van der Waals surface area contributed by atoms with Crippen LogP contribution in [0.4, 0.5) is 4.39 Å². The Kier molecular flexibility index (Phi) is 5.31. The summed E-state index contributed by atoms with van der Waals surface area (Å²) in [6.07, 6.45) is 1.02. The molecule has 2 rings (SSSR count). The first kappa shape index (κ1) is 14.4. The maximum atomic E-state index is 14.0. The molecule has 2 unspecified atom stereocenters. The van der Waals surface area contributed by atoms with E-state index in [1.807, 2.05) is 12.1 Å². The summed E-state index contributed by atoms with van der Waals surface area (Å²) in [6, 6.07) is 6.89. The molecule has 0 aliphatic carbocycles. The van der Waals surface area contributed by atoms with Crippen LogP contribution in [0.5, 0.6) is 0 Å². The lowest BCUT2D eigenvalue weighted by atomic mass is 9.99. The SMILES string of the molecule is CCCNC(c1ccccc1F)C1CN(C)CCO1. The van der Waals surface area contributed by atoms with Crippen LogP contribution in [0, 0.1) is 5.82 Å². The largest absolute Gasteiger partial charge is 0.374 e. The van der Waals surface area contributed by atoms with E-state index in [4.69, 9.17) is 4.74 Å². The molecule has 0 spiro atoms. The first-order valence-corrected chi connectivity index (χ1v) is 7.00. The quantitative estimate of drug-likeness (QED) is 0.884. The zero-order valence-corrected chi connectivity index (χ0v) is 11.7.